The standard InChI is InChI=1S/C17H19N3O3/c1-22-15-4-2-3-12-9-13(11-23-16(12)15)17(21)20-6-5-14-10-18-7-8-19-14/h2-4,7-8,10,13H,5-6,9,11H2,1H3,(H,20,21)/t13-/m1/s1. The zero-order chi connectivity index (χ0) is 16.1. The number of para-hydroxylation sites is 1. The molecule has 0 unspecified atom stereocenters. The molecule has 3 rings (SSSR count). The fraction of sp³-hybridized carbons (Fsp3) is 0.353. The minimum absolute atomic E-state index is 0.00219. The van der Waals surface area contributed by atoms with Crippen molar-refractivity contribution in [2.45, 2.75) is 12.8 Å². The van der Waals surface area contributed by atoms with Gasteiger partial charge in [0, 0.05) is 31.6 Å². The molecule has 0 radical (unpaired) electrons. The van der Waals surface area contributed by atoms with Crippen LogP contribution < -0.4 is 14.8 Å². The van der Waals surface area contributed by atoms with Gasteiger partial charge in [-0.3, -0.25) is 14.8 Å². The van der Waals surface area contributed by atoms with E-state index in [1.54, 1.807) is 25.7 Å². The summed E-state index contributed by atoms with van der Waals surface area (Å²) in [5, 5.41) is 2.94. The summed E-state index contributed by atoms with van der Waals surface area (Å²) in [6.07, 6.45) is 6.31. The Morgan fingerprint density at radius 1 is 1.43 bits per heavy atom. The average molecular weight is 313 g/mol. The molecule has 0 fully saturated rings. The molecule has 1 amide bonds. The number of carbonyl (C=O) groups excluding carboxylic acids is 1. The minimum Gasteiger partial charge on any atom is -0.493 e. The van der Waals surface area contributed by atoms with Crippen LogP contribution in [0.25, 0.3) is 0 Å². The van der Waals surface area contributed by atoms with Gasteiger partial charge in [0.25, 0.3) is 0 Å². The molecule has 6 heteroatoms. The van der Waals surface area contributed by atoms with Gasteiger partial charge >= 0.3 is 0 Å². The first kappa shape index (κ1) is 15.3. The van der Waals surface area contributed by atoms with Gasteiger partial charge in [0.15, 0.2) is 11.5 Å². The van der Waals surface area contributed by atoms with Crippen molar-refractivity contribution in [3.63, 3.8) is 0 Å². The highest BCUT2D eigenvalue weighted by Gasteiger charge is 2.27. The van der Waals surface area contributed by atoms with Crippen LogP contribution in [0.15, 0.2) is 36.8 Å². The molecule has 1 atom stereocenters. The number of amides is 1. The Morgan fingerprint density at radius 2 is 2.35 bits per heavy atom. The zero-order valence-corrected chi connectivity index (χ0v) is 13.0. The minimum atomic E-state index is -0.184. The molecule has 1 aliphatic rings. The predicted octanol–water partition coefficient (Wildman–Crippen LogP) is 1.40. The van der Waals surface area contributed by atoms with E-state index in [1.807, 2.05) is 18.2 Å². The van der Waals surface area contributed by atoms with Crippen LogP contribution in [0.2, 0.25) is 0 Å². The Bertz CT molecular complexity index is 676. The lowest BCUT2D eigenvalue weighted by Crippen LogP contribution is -2.38. The lowest BCUT2D eigenvalue weighted by molar-refractivity contribution is -0.126. The van der Waals surface area contributed by atoms with Crippen molar-refractivity contribution < 1.29 is 14.3 Å². The Hall–Kier alpha value is -2.63. The van der Waals surface area contributed by atoms with E-state index >= 15 is 0 Å². The second-order valence-corrected chi connectivity index (χ2v) is 5.40. The van der Waals surface area contributed by atoms with E-state index in [4.69, 9.17) is 9.47 Å². The molecule has 2 heterocycles. The fourth-order valence-corrected chi connectivity index (χ4v) is 2.64. The summed E-state index contributed by atoms with van der Waals surface area (Å²) in [6.45, 7) is 0.906. The lowest BCUT2D eigenvalue weighted by atomic mass is 9.95. The van der Waals surface area contributed by atoms with E-state index < -0.39 is 0 Å². The number of rotatable bonds is 5. The molecule has 1 aromatic carbocycles. The van der Waals surface area contributed by atoms with E-state index in [-0.39, 0.29) is 11.8 Å². The third kappa shape index (κ3) is 3.59. The first-order valence-electron chi connectivity index (χ1n) is 7.59. The van der Waals surface area contributed by atoms with Crippen molar-refractivity contribution >= 4 is 5.91 Å². The van der Waals surface area contributed by atoms with Crippen LogP contribution in [0, 0.1) is 5.92 Å². The molecule has 1 aromatic heterocycles. The van der Waals surface area contributed by atoms with Crippen molar-refractivity contribution in [3.05, 3.63) is 48.0 Å². The second-order valence-electron chi connectivity index (χ2n) is 5.40. The summed E-state index contributed by atoms with van der Waals surface area (Å²) >= 11 is 0. The Balaban J connectivity index is 1.55. The van der Waals surface area contributed by atoms with Gasteiger partial charge in [0.2, 0.25) is 5.91 Å². The molecule has 23 heavy (non-hydrogen) atoms. The summed E-state index contributed by atoms with van der Waals surface area (Å²) in [5.74, 6) is 1.28. The van der Waals surface area contributed by atoms with Gasteiger partial charge in [-0.25, -0.2) is 0 Å². The molecule has 1 aliphatic heterocycles. The molecule has 0 spiro atoms. The van der Waals surface area contributed by atoms with Gasteiger partial charge in [-0.05, 0) is 18.1 Å². The number of aromatic nitrogens is 2. The molecular formula is C17H19N3O3. The third-order valence-electron chi connectivity index (χ3n) is 3.84. The van der Waals surface area contributed by atoms with Crippen LogP contribution in [0.4, 0.5) is 0 Å². The summed E-state index contributed by atoms with van der Waals surface area (Å²) in [7, 11) is 1.62. The molecule has 1 N–H and O–H groups in total. The molecule has 0 aliphatic carbocycles. The molecule has 6 nitrogen and oxygen atoms in total. The maximum atomic E-state index is 12.3. The Labute approximate surface area is 134 Å². The van der Waals surface area contributed by atoms with E-state index in [0.717, 1.165) is 17.0 Å². The summed E-state index contributed by atoms with van der Waals surface area (Å²) in [6, 6.07) is 5.74. The fourth-order valence-electron chi connectivity index (χ4n) is 2.64. The van der Waals surface area contributed by atoms with Crippen LogP contribution in [0.5, 0.6) is 11.5 Å². The van der Waals surface area contributed by atoms with E-state index in [1.165, 1.54) is 0 Å². The highest BCUT2D eigenvalue weighted by atomic mass is 16.5. The number of carbonyl (C=O) groups is 1. The van der Waals surface area contributed by atoms with Crippen molar-refractivity contribution in [2.24, 2.45) is 5.92 Å². The number of nitrogens with one attached hydrogen (secondary N) is 1. The maximum absolute atomic E-state index is 12.3. The number of methoxy groups -OCH3 is 1. The number of hydrogen-bond acceptors (Lipinski definition) is 5. The SMILES string of the molecule is COc1cccc2c1OC[C@H](C(=O)NCCc1cnccn1)C2. The number of ether oxygens (including phenoxy) is 2. The largest absolute Gasteiger partial charge is 0.493 e. The quantitative estimate of drug-likeness (QED) is 0.903. The lowest BCUT2D eigenvalue weighted by Gasteiger charge is -2.25. The summed E-state index contributed by atoms with van der Waals surface area (Å²) in [4.78, 5) is 20.5. The molecule has 0 bridgehead atoms. The van der Waals surface area contributed by atoms with Crippen molar-refractivity contribution in [1.82, 2.24) is 15.3 Å². The van der Waals surface area contributed by atoms with E-state index in [2.05, 4.69) is 15.3 Å². The monoisotopic (exact) mass is 313 g/mol. The highest BCUT2D eigenvalue weighted by Crippen LogP contribution is 2.35. The number of benzene rings is 1. The molecule has 0 saturated heterocycles. The van der Waals surface area contributed by atoms with Crippen LogP contribution >= 0.6 is 0 Å². The number of hydrogen-bond donors (Lipinski definition) is 1. The van der Waals surface area contributed by atoms with Crippen molar-refractivity contribution in [3.8, 4) is 11.5 Å². The van der Waals surface area contributed by atoms with Crippen LogP contribution in [0.1, 0.15) is 11.3 Å². The maximum Gasteiger partial charge on any atom is 0.226 e. The van der Waals surface area contributed by atoms with Gasteiger partial charge in [-0.2, -0.15) is 0 Å². The van der Waals surface area contributed by atoms with Crippen molar-refractivity contribution in [1.29, 1.82) is 0 Å². The number of fused-ring (bicyclic) bond motifs is 1. The van der Waals surface area contributed by atoms with Crippen LogP contribution in [0.3, 0.4) is 0 Å². The van der Waals surface area contributed by atoms with Crippen LogP contribution in [-0.2, 0) is 17.6 Å². The first-order chi connectivity index (χ1) is 11.3. The van der Waals surface area contributed by atoms with Crippen molar-refractivity contribution in [2.75, 3.05) is 20.3 Å². The number of nitrogens with zero attached hydrogens (tertiary/aromatic N) is 2. The topological polar surface area (TPSA) is 73.3 Å². The third-order valence-corrected chi connectivity index (χ3v) is 3.84. The van der Waals surface area contributed by atoms with Crippen LogP contribution in [-0.4, -0.2) is 36.1 Å². The Morgan fingerprint density at radius 3 is 3.13 bits per heavy atom. The van der Waals surface area contributed by atoms with Gasteiger partial charge in [0.05, 0.1) is 18.7 Å². The zero-order valence-electron chi connectivity index (χ0n) is 13.0. The molecular weight excluding hydrogens is 294 g/mol. The second kappa shape index (κ2) is 7.09. The predicted molar refractivity (Wildman–Crippen MR) is 84.4 cm³/mol. The average Bonchev–Trinajstić information content (AvgIpc) is 2.61. The summed E-state index contributed by atoms with van der Waals surface area (Å²) in [5.41, 5.74) is 1.87. The van der Waals surface area contributed by atoms with Gasteiger partial charge < -0.3 is 14.8 Å². The Kier molecular flexibility index (Phi) is 4.71. The van der Waals surface area contributed by atoms with E-state index in [0.29, 0.717) is 31.7 Å². The highest BCUT2D eigenvalue weighted by molar-refractivity contribution is 5.79. The van der Waals surface area contributed by atoms with Gasteiger partial charge in [-0.1, -0.05) is 12.1 Å². The van der Waals surface area contributed by atoms with Gasteiger partial charge in [0.1, 0.15) is 6.61 Å². The molecule has 120 valence electrons. The summed E-state index contributed by atoms with van der Waals surface area (Å²) < 4.78 is 11.0. The first-order valence-corrected chi connectivity index (χ1v) is 7.59. The van der Waals surface area contributed by atoms with Gasteiger partial charge in [-0.15, -0.1) is 0 Å². The normalized spacial score (nSPS) is 16.1. The molecule has 0 saturated carbocycles. The smallest absolute Gasteiger partial charge is 0.226 e. The van der Waals surface area contributed by atoms with E-state index in [9.17, 15) is 4.79 Å². The molecule has 2 aromatic rings.